The largest absolute Gasteiger partial charge is 0.451 e. The van der Waals surface area contributed by atoms with E-state index in [0.29, 0.717) is 15.7 Å². The van der Waals surface area contributed by atoms with Crippen LogP contribution in [0.25, 0.3) is 11.4 Å². The van der Waals surface area contributed by atoms with Crippen LogP contribution in [0.2, 0.25) is 0 Å². The van der Waals surface area contributed by atoms with Crippen molar-refractivity contribution in [3.63, 3.8) is 0 Å². The second-order valence-corrected chi connectivity index (χ2v) is 8.76. The van der Waals surface area contributed by atoms with Crippen molar-refractivity contribution in [3.8, 4) is 11.4 Å². The number of hydrogen-bond donors (Lipinski definition) is 1. The average Bonchev–Trinajstić information content (AvgIpc) is 3.32. The van der Waals surface area contributed by atoms with Crippen molar-refractivity contribution in [1.82, 2.24) is 10.1 Å². The molecule has 9 heteroatoms. The maximum atomic E-state index is 12.4. The molecular weight excluding hydrogens is 386 g/mol. The smallest absolute Gasteiger partial charge is 0.349 e. The lowest BCUT2D eigenvalue weighted by Crippen LogP contribution is -2.27. The van der Waals surface area contributed by atoms with Crippen LogP contribution >= 0.6 is 22.7 Å². The van der Waals surface area contributed by atoms with E-state index >= 15 is 0 Å². The maximum Gasteiger partial charge on any atom is 0.349 e. The minimum Gasteiger partial charge on any atom is -0.451 e. The van der Waals surface area contributed by atoms with Crippen LogP contribution in [0.4, 0.5) is 5.00 Å². The molecule has 3 heterocycles. The Balaban J connectivity index is 1.62. The number of aromatic nitrogens is 2. The van der Waals surface area contributed by atoms with Crippen molar-refractivity contribution in [3.05, 3.63) is 39.2 Å². The first-order chi connectivity index (χ1) is 12.7. The molecular formula is C18H19N3O4S2. The summed E-state index contributed by atoms with van der Waals surface area (Å²) >= 11 is 2.71. The Morgan fingerprint density at radius 2 is 2.11 bits per heavy atom. The van der Waals surface area contributed by atoms with Gasteiger partial charge in [-0.05, 0) is 30.0 Å². The molecule has 0 radical (unpaired) electrons. The predicted octanol–water partition coefficient (Wildman–Crippen LogP) is 4.51. The molecule has 0 saturated carbocycles. The number of amides is 1. The first kappa shape index (κ1) is 19.2. The quantitative estimate of drug-likeness (QED) is 0.628. The van der Waals surface area contributed by atoms with Crippen LogP contribution in [0.3, 0.4) is 0 Å². The van der Waals surface area contributed by atoms with Crippen molar-refractivity contribution in [2.24, 2.45) is 5.41 Å². The van der Waals surface area contributed by atoms with Gasteiger partial charge in [0.25, 0.3) is 5.89 Å². The van der Waals surface area contributed by atoms with E-state index in [1.54, 1.807) is 13.0 Å². The summed E-state index contributed by atoms with van der Waals surface area (Å²) < 4.78 is 10.4. The molecule has 0 aliphatic carbocycles. The lowest BCUT2D eigenvalue weighted by Gasteiger charge is -2.16. The van der Waals surface area contributed by atoms with E-state index in [1.165, 1.54) is 22.7 Å². The number of carbonyl (C=O) groups is 2. The molecule has 7 nitrogen and oxygen atoms in total. The molecule has 0 spiro atoms. The normalized spacial score (nSPS) is 11.4. The van der Waals surface area contributed by atoms with Gasteiger partial charge in [0.05, 0.1) is 5.00 Å². The highest BCUT2D eigenvalue weighted by molar-refractivity contribution is 7.18. The summed E-state index contributed by atoms with van der Waals surface area (Å²) in [6.07, 6.45) is 0. The summed E-state index contributed by atoms with van der Waals surface area (Å²) in [6, 6.07) is 3.64. The number of nitrogens with zero attached hydrogens (tertiary/aromatic N) is 2. The van der Waals surface area contributed by atoms with Gasteiger partial charge < -0.3 is 14.6 Å². The second kappa shape index (κ2) is 7.61. The zero-order chi connectivity index (χ0) is 19.6. The molecule has 3 aromatic heterocycles. The molecule has 0 bridgehead atoms. The number of ether oxygens (including phenoxy) is 1. The van der Waals surface area contributed by atoms with Crippen molar-refractivity contribution >= 4 is 39.6 Å². The molecule has 1 N–H and O–H groups in total. The van der Waals surface area contributed by atoms with Crippen molar-refractivity contribution < 1.29 is 18.8 Å². The SMILES string of the molecule is Cc1cc(NC(=O)C(C)(C)C)sc1C(=O)OCc1nc(-c2ccsc2)no1. The lowest BCUT2D eigenvalue weighted by molar-refractivity contribution is -0.123. The third-order valence-electron chi connectivity index (χ3n) is 3.60. The number of thiophene rings is 2. The second-order valence-electron chi connectivity index (χ2n) is 6.93. The Morgan fingerprint density at radius 3 is 2.78 bits per heavy atom. The molecule has 0 aromatic carbocycles. The molecule has 0 fully saturated rings. The molecule has 0 saturated heterocycles. The van der Waals surface area contributed by atoms with E-state index in [9.17, 15) is 9.59 Å². The molecule has 0 aliphatic rings. The van der Waals surface area contributed by atoms with Gasteiger partial charge in [0.2, 0.25) is 11.7 Å². The van der Waals surface area contributed by atoms with E-state index < -0.39 is 11.4 Å². The van der Waals surface area contributed by atoms with Gasteiger partial charge in [-0.25, -0.2) is 4.79 Å². The van der Waals surface area contributed by atoms with Gasteiger partial charge in [-0.2, -0.15) is 16.3 Å². The number of nitrogens with one attached hydrogen (secondary N) is 1. The molecule has 0 unspecified atom stereocenters. The monoisotopic (exact) mass is 405 g/mol. The first-order valence-corrected chi connectivity index (χ1v) is 9.94. The Kier molecular flexibility index (Phi) is 5.43. The van der Waals surface area contributed by atoms with E-state index in [2.05, 4.69) is 15.5 Å². The van der Waals surface area contributed by atoms with Crippen LogP contribution in [0.1, 0.15) is 41.9 Å². The number of carbonyl (C=O) groups excluding carboxylic acids is 2. The molecule has 0 atom stereocenters. The Labute approximate surface area is 164 Å². The fraction of sp³-hybridized carbons (Fsp3) is 0.333. The van der Waals surface area contributed by atoms with Gasteiger partial charge >= 0.3 is 5.97 Å². The summed E-state index contributed by atoms with van der Waals surface area (Å²) in [7, 11) is 0. The minimum absolute atomic E-state index is 0.114. The summed E-state index contributed by atoms with van der Waals surface area (Å²) in [5.74, 6) is 0.0707. The molecule has 3 rings (SSSR count). The van der Waals surface area contributed by atoms with Gasteiger partial charge in [0.1, 0.15) is 4.88 Å². The van der Waals surface area contributed by atoms with Crippen LogP contribution in [0, 0.1) is 12.3 Å². The summed E-state index contributed by atoms with van der Waals surface area (Å²) in [6.45, 7) is 7.16. The molecule has 3 aromatic rings. The number of esters is 1. The number of rotatable bonds is 5. The molecule has 27 heavy (non-hydrogen) atoms. The Bertz CT molecular complexity index is 952. The van der Waals surface area contributed by atoms with E-state index in [-0.39, 0.29) is 18.4 Å². The highest BCUT2D eigenvalue weighted by atomic mass is 32.1. The third-order valence-corrected chi connectivity index (χ3v) is 5.41. The highest BCUT2D eigenvalue weighted by Gasteiger charge is 2.23. The summed E-state index contributed by atoms with van der Waals surface area (Å²) in [4.78, 5) is 29.1. The minimum atomic E-state index is -0.517. The van der Waals surface area contributed by atoms with Crippen LogP contribution in [0.5, 0.6) is 0 Å². The van der Waals surface area contributed by atoms with Crippen LogP contribution in [-0.4, -0.2) is 22.0 Å². The summed E-state index contributed by atoms with van der Waals surface area (Å²) in [5, 5.41) is 11.1. The third kappa shape index (κ3) is 4.61. The Morgan fingerprint density at radius 1 is 1.33 bits per heavy atom. The van der Waals surface area contributed by atoms with Crippen molar-refractivity contribution in [2.45, 2.75) is 34.3 Å². The van der Waals surface area contributed by atoms with E-state index in [4.69, 9.17) is 9.26 Å². The maximum absolute atomic E-state index is 12.4. The van der Waals surface area contributed by atoms with Crippen LogP contribution < -0.4 is 5.32 Å². The van der Waals surface area contributed by atoms with Crippen molar-refractivity contribution in [2.75, 3.05) is 5.32 Å². The zero-order valence-corrected chi connectivity index (χ0v) is 17.0. The van der Waals surface area contributed by atoms with Crippen molar-refractivity contribution in [1.29, 1.82) is 0 Å². The highest BCUT2D eigenvalue weighted by Crippen LogP contribution is 2.29. The van der Waals surface area contributed by atoms with E-state index in [1.807, 2.05) is 37.6 Å². The van der Waals surface area contributed by atoms with Gasteiger partial charge in [-0.1, -0.05) is 25.9 Å². The van der Waals surface area contributed by atoms with Gasteiger partial charge in [-0.3, -0.25) is 4.79 Å². The average molecular weight is 406 g/mol. The topological polar surface area (TPSA) is 94.3 Å². The molecule has 1 amide bonds. The molecule has 0 aliphatic heterocycles. The lowest BCUT2D eigenvalue weighted by atomic mass is 9.96. The number of aryl methyl sites for hydroxylation is 1. The first-order valence-electron chi connectivity index (χ1n) is 8.18. The number of hydrogen-bond acceptors (Lipinski definition) is 8. The van der Waals surface area contributed by atoms with E-state index in [0.717, 1.165) is 11.1 Å². The van der Waals surface area contributed by atoms with Gasteiger partial charge in [-0.15, -0.1) is 11.3 Å². The summed E-state index contributed by atoms with van der Waals surface area (Å²) in [5.41, 5.74) is 1.07. The van der Waals surface area contributed by atoms with Gasteiger partial charge in [0, 0.05) is 16.4 Å². The predicted molar refractivity (Wildman–Crippen MR) is 104 cm³/mol. The standard InChI is InChI=1S/C18H19N3O4S2/c1-10-7-13(20-17(23)18(2,3)4)27-14(10)16(22)24-8-12-19-15(21-25-12)11-5-6-26-9-11/h5-7,9H,8H2,1-4H3,(H,20,23). The van der Waals surface area contributed by atoms with Crippen LogP contribution in [0.15, 0.2) is 27.4 Å². The Hall–Kier alpha value is -2.52. The number of anilines is 1. The fourth-order valence-electron chi connectivity index (χ4n) is 2.06. The fourth-order valence-corrected chi connectivity index (χ4v) is 3.66. The molecule has 142 valence electrons. The zero-order valence-electron chi connectivity index (χ0n) is 15.4. The van der Waals surface area contributed by atoms with Crippen LogP contribution in [-0.2, 0) is 16.1 Å². The van der Waals surface area contributed by atoms with Gasteiger partial charge in [0.15, 0.2) is 6.61 Å².